The molecule has 1 aliphatic rings. The Bertz CT molecular complexity index is 892. The minimum Gasteiger partial charge on any atom is -0.465 e. The molecule has 156 valence electrons. The topological polar surface area (TPSA) is 66.9 Å². The van der Waals surface area contributed by atoms with Crippen molar-refractivity contribution in [2.75, 3.05) is 36.8 Å². The zero-order chi connectivity index (χ0) is 20.7. The van der Waals surface area contributed by atoms with Crippen molar-refractivity contribution in [3.05, 3.63) is 65.7 Å². The average Bonchev–Trinajstić information content (AvgIpc) is 2.77. The summed E-state index contributed by atoms with van der Waals surface area (Å²) in [6.45, 7) is 2.70. The van der Waals surface area contributed by atoms with Crippen LogP contribution in [0.1, 0.15) is 35.2 Å². The first-order valence-electron chi connectivity index (χ1n) is 9.95. The lowest BCUT2D eigenvalue weighted by atomic mass is 10.1. The Hall–Kier alpha value is -2.38. The van der Waals surface area contributed by atoms with Crippen LogP contribution in [0.25, 0.3) is 0 Å². The van der Waals surface area contributed by atoms with Crippen LogP contribution < -0.4 is 4.31 Å². The van der Waals surface area contributed by atoms with Crippen LogP contribution in [0.5, 0.6) is 0 Å². The minimum atomic E-state index is -3.50. The fourth-order valence-electron chi connectivity index (χ4n) is 3.51. The van der Waals surface area contributed by atoms with E-state index in [0.29, 0.717) is 17.8 Å². The molecule has 0 radical (unpaired) electrons. The third kappa shape index (κ3) is 5.81. The second-order valence-electron chi connectivity index (χ2n) is 7.25. The van der Waals surface area contributed by atoms with Gasteiger partial charge in [-0.15, -0.1) is 0 Å². The molecule has 2 aromatic rings. The highest BCUT2D eigenvalue weighted by Gasteiger charge is 2.24. The summed E-state index contributed by atoms with van der Waals surface area (Å²) in [6.07, 6.45) is 3.49. The van der Waals surface area contributed by atoms with Crippen molar-refractivity contribution in [2.24, 2.45) is 0 Å². The smallest absolute Gasteiger partial charge is 0.337 e. The maximum atomic E-state index is 13.2. The number of rotatable bonds is 8. The Labute approximate surface area is 173 Å². The standard InChI is InChI=1S/C22H28N2O4S/c1-28-22(25)20-12-10-19(11-13-20)18-24(21-8-4-2-5-9-21)29(26,27)17-16-23-14-6-3-7-15-23/h2,4-5,8-13H,3,6-7,14-18H2,1H3. The summed E-state index contributed by atoms with van der Waals surface area (Å²) >= 11 is 0. The quantitative estimate of drug-likeness (QED) is 0.618. The molecule has 0 amide bonds. The van der Waals surface area contributed by atoms with Crippen LogP contribution in [0.3, 0.4) is 0 Å². The number of ether oxygens (including phenoxy) is 1. The Balaban J connectivity index is 1.78. The second kappa shape index (κ2) is 9.89. The van der Waals surface area contributed by atoms with E-state index in [-0.39, 0.29) is 12.3 Å². The molecule has 29 heavy (non-hydrogen) atoms. The van der Waals surface area contributed by atoms with Gasteiger partial charge in [0, 0.05) is 6.54 Å². The predicted octanol–water partition coefficient (Wildman–Crippen LogP) is 3.30. The van der Waals surface area contributed by atoms with E-state index < -0.39 is 16.0 Å². The lowest BCUT2D eigenvalue weighted by Gasteiger charge is -2.29. The van der Waals surface area contributed by atoms with E-state index >= 15 is 0 Å². The Kier molecular flexibility index (Phi) is 7.28. The first kappa shape index (κ1) is 21.3. The largest absolute Gasteiger partial charge is 0.465 e. The van der Waals surface area contributed by atoms with E-state index in [9.17, 15) is 13.2 Å². The fourth-order valence-corrected chi connectivity index (χ4v) is 5.01. The van der Waals surface area contributed by atoms with Gasteiger partial charge in [-0.3, -0.25) is 4.31 Å². The molecule has 7 heteroatoms. The predicted molar refractivity (Wildman–Crippen MR) is 114 cm³/mol. The molecule has 0 aliphatic carbocycles. The lowest BCUT2D eigenvalue weighted by molar-refractivity contribution is 0.0600. The van der Waals surface area contributed by atoms with Crippen molar-refractivity contribution in [3.63, 3.8) is 0 Å². The normalized spacial score (nSPS) is 15.1. The molecule has 0 bridgehead atoms. The van der Waals surface area contributed by atoms with Crippen molar-refractivity contribution in [1.82, 2.24) is 4.90 Å². The molecular formula is C22H28N2O4S. The zero-order valence-electron chi connectivity index (χ0n) is 16.8. The number of likely N-dealkylation sites (tertiary alicyclic amines) is 1. The van der Waals surface area contributed by atoms with E-state index in [4.69, 9.17) is 4.74 Å². The molecule has 2 aromatic carbocycles. The molecule has 0 atom stereocenters. The summed E-state index contributed by atoms with van der Waals surface area (Å²) in [5.74, 6) is -0.326. The van der Waals surface area contributed by atoms with Gasteiger partial charge in [-0.2, -0.15) is 0 Å². The van der Waals surface area contributed by atoms with Crippen LogP contribution in [-0.2, 0) is 21.3 Å². The molecule has 1 fully saturated rings. The summed E-state index contributed by atoms with van der Waals surface area (Å²) in [5, 5.41) is 0. The molecule has 6 nitrogen and oxygen atoms in total. The summed E-state index contributed by atoms with van der Waals surface area (Å²) in [6, 6.07) is 16.0. The maximum absolute atomic E-state index is 13.2. The molecule has 3 rings (SSSR count). The third-order valence-corrected chi connectivity index (χ3v) is 6.91. The number of benzene rings is 2. The van der Waals surface area contributed by atoms with Crippen LogP contribution in [-0.4, -0.2) is 51.8 Å². The minimum absolute atomic E-state index is 0.0855. The molecule has 0 unspecified atom stereocenters. The van der Waals surface area contributed by atoms with Crippen molar-refractivity contribution < 1.29 is 17.9 Å². The van der Waals surface area contributed by atoms with Crippen molar-refractivity contribution in [3.8, 4) is 0 Å². The number of piperidine rings is 1. The van der Waals surface area contributed by atoms with E-state index in [0.717, 1.165) is 31.5 Å². The van der Waals surface area contributed by atoms with Crippen molar-refractivity contribution in [1.29, 1.82) is 0 Å². The van der Waals surface area contributed by atoms with Gasteiger partial charge in [0.15, 0.2) is 0 Å². The number of nitrogens with zero attached hydrogens (tertiary/aromatic N) is 2. The highest BCUT2D eigenvalue weighted by Crippen LogP contribution is 2.22. The molecule has 1 heterocycles. The number of hydrogen-bond donors (Lipinski definition) is 0. The monoisotopic (exact) mass is 416 g/mol. The maximum Gasteiger partial charge on any atom is 0.337 e. The number of hydrogen-bond acceptors (Lipinski definition) is 5. The number of carbonyl (C=O) groups excluding carboxylic acids is 1. The number of methoxy groups -OCH3 is 1. The van der Waals surface area contributed by atoms with Gasteiger partial charge in [-0.1, -0.05) is 36.8 Å². The van der Waals surface area contributed by atoms with Crippen LogP contribution in [0, 0.1) is 0 Å². The average molecular weight is 417 g/mol. The van der Waals surface area contributed by atoms with Gasteiger partial charge in [0.1, 0.15) is 0 Å². The number of esters is 1. The highest BCUT2D eigenvalue weighted by atomic mass is 32.2. The van der Waals surface area contributed by atoms with Gasteiger partial charge in [0.25, 0.3) is 0 Å². The highest BCUT2D eigenvalue weighted by molar-refractivity contribution is 7.92. The molecule has 0 saturated carbocycles. The SMILES string of the molecule is COC(=O)c1ccc(CN(c2ccccc2)S(=O)(=O)CCN2CCCCC2)cc1. The van der Waals surface area contributed by atoms with Gasteiger partial charge >= 0.3 is 5.97 Å². The van der Waals surface area contributed by atoms with Gasteiger partial charge < -0.3 is 9.64 Å². The molecule has 0 N–H and O–H groups in total. The summed E-state index contributed by atoms with van der Waals surface area (Å²) in [4.78, 5) is 13.9. The zero-order valence-corrected chi connectivity index (χ0v) is 17.6. The molecule has 0 spiro atoms. The fraction of sp³-hybridized carbons (Fsp3) is 0.409. The van der Waals surface area contributed by atoms with E-state index in [2.05, 4.69) is 4.90 Å². The number of sulfonamides is 1. The van der Waals surface area contributed by atoms with Crippen LogP contribution in [0.2, 0.25) is 0 Å². The lowest BCUT2D eigenvalue weighted by Crippen LogP contribution is -2.39. The third-order valence-electron chi connectivity index (χ3n) is 5.20. The van der Waals surface area contributed by atoms with Gasteiger partial charge in [0.2, 0.25) is 10.0 Å². The summed E-state index contributed by atoms with van der Waals surface area (Å²) in [5.41, 5.74) is 1.89. The van der Waals surface area contributed by atoms with E-state index in [1.807, 2.05) is 18.2 Å². The van der Waals surface area contributed by atoms with Gasteiger partial charge in [-0.25, -0.2) is 13.2 Å². The van der Waals surface area contributed by atoms with Crippen molar-refractivity contribution in [2.45, 2.75) is 25.8 Å². The van der Waals surface area contributed by atoms with E-state index in [1.54, 1.807) is 36.4 Å². The van der Waals surface area contributed by atoms with Gasteiger partial charge in [0.05, 0.1) is 30.7 Å². The Morgan fingerprint density at radius 3 is 2.28 bits per heavy atom. The molecule has 0 aromatic heterocycles. The van der Waals surface area contributed by atoms with Crippen LogP contribution in [0.15, 0.2) is 54.6 Å². The first-order chi connectivity index (χ1) is 14.0. The van der Waals surface area contributed by atoms with Crippen LogP contribution in [0.4, 0.5) is 5.69 Å². The Morgan fingerprint density at radius 1 is 1.00 bits per heavy atom. The van der Waals surface area contributed by atoms with Crippen LogP contribution >= 0.6 is 0 Å². The first-order valence-corrected chi connectivity index (χ1v) is 11.6. The summed E-state index contributed by atoms with van der Waals surface area (Å²) < 4.78 is 32.6. The van der Waals surface area contributed by atoms with Crippen molar-refractivity contribution >= 4 is 21.7 Å². The molecule has 1 saturated heterocycles. The Morgan fingerprint density at radius 2 is 1.66 bits per heavy atom. The van der Waals surface area contributed by atoms with E-state index in [1.165, 1.54) is 17.8 Å². The number of para-hydroxylation sites is 1. The number of carbonyl (C=O) groups is 1. The number of anilines is 1. The second-order valence-corrected chi connectivity index (χ2v) is 9.26. The van der Waals surface area contributed by atoms with Gasteiger partial charge in [-0.05, 0) is 55.8 Å². The summed E-state index contributed by atoms with van der Waals surface area (Å²) in [7, 11) is -2.17. The molecule has 1 aliphatic heterocycles. The molecular weight excluding hydrogens is 388 g/mol.